The third-order valence-electron chi connectivity index (χ3n) is 4.49. The standard InChI is InChI=1S/C22H18Cl2N2O4/c1-13-3-4-14(2)16(9-13)12-30-21-11-17(26(28)29)6-8-20(21)25-22(27)15-5-7-18(23)19(24)10-15/h3-11H,12H2,1-2H3,(H,25,27). The van der Waals surface area contributed by atoms with Crippen LogP contribution in [0.1, 0.15) is 27.0 Å². The van der Waals surface area contributed by atoms with Gasteiger partial charge >= 0.3 is 0 Å². The zero-order valence-corrected chi connectivity index (χ0v) is 17.8. The first kappa shape index (κ1) is 21.6. The fourth-order valence-electron chi connectivity index (χ4n) is 2.79. The Bertz CT molecular complexity index is 1130. The average molecular weight is 445 g/mol. The molecule has 8 heteroatoms. The van der Waals surface area contributed by atoms with Crippen molar-refractivity contribution in [3.8, 4) is 5.75 Å². The molecule has 0 spiro atoms. The molecule has 3 rings (SSSR count). The van der Waals surface area contributed by atoms with Crippen molar-refractivity contribution in [2.45, 2.75) is 20.5 Å². The Balaban J connectivity index is 1.88. The summed E-state index contributed by atoms with van der Waals surface area (Å²) in [6.45, 7) is 4.13. The van der Waals surface area contributed by atoms with Crippen molar-refractivity contribution in [3.05, 3.63) is 97.0 Å². The number of rotatable bonds is 6. The molecular formula is C22H18Cl2N2O4. The van der Waals surface area contributed by atoms with Crippen LogP contribution in [-0.4, -0.2) is 10.8 Å². The van der Waals surface area contributed by atoms with E-state index >= 15 is 0 Å². The third kappa shape index (κ3) is 5.09. The largest absolute Gasteiger partial charge is 0.486 e. The Labute approximate surface area is 183 Å². The number of hydrogen-bond donors (Lipinski definition) is 1. The second kappa shape index (κ2) is 9.15. The maximum atomic E-state index is 12.6. The zero-order valence-electron chi connectivity index (χ0n) is 16.2. The predicted molar refractivity (Wildman–Crippen MR) is 118 cm³/mol. The molecule has 0 atom stereocenters. The molecular weight excluding hydrogens is 427 g/mol. The molecule has 3 aromatic rings. The minimum absolute atomic E-state index is 0.140. The van der Waals surface area contributed by atoms with Gasteiger partial charge in [-0.3, -0.25) is 14.9 Å². The van der Waals surface area contributed by atoms with Gasteiger partial charge in [0.15, 0.2) is 0 Å². The number of benzene rings is 3. The van der Waals surface area contributed by atoms with Crippen LogP contribution in [0, 0.1) is 24.0 Å². The lowest BCUT2D eigenvalue weighted by molar-refractivity contribution is -0.384. The van der Waals surface area contributed by atoms with Gasteiger partial charge in [0, 0.05) is 11.6 Å². The first-order valence-electron chi connectivity index (χ1n) is 8.98. The number of hydrogen-bond acceptors (Lipinski definition) is 4. The van der Waals surface area contributed by atoms with Crippen LogP contribution in [0.25, 0.3) is 0 Å². The van der Waals surface area contributed by atoms with E-state index in [0.29, 0.717) is 16.3 Å². The van der Waals surface area contributed by atoms with Crippen molar-refractivity contribution in [1.29, 1.82) is 0 Å². The normalized spacial score (nSPS) is 10.5. The number of anilines is 1. The molecule has 0 aliphatic heterocycles. The number of ether oxygens (including phenoxy) is 1. The molecule has 0 radical (unpaired) electrons. The van der Waals surface area contributed by atoms with Gasteiger partial charge in [-0.2, -0.15) is 0 Å². The number of halogens is 2. The van der Waals surface area contributed by atoms with E-state index in [0.717, 1.165) is 16.7 Å². The summed E-state index contributed by atoms with van der Waals surface area (Å²) in [5.41, 5.74) is 3.52. The number of nitro groups is 1. The first-order chi connectivity index (χ1) is 14.2. The number of nitrogens with one attached hydrogen (secondary N) is 1. The molecule has 0 aliphatic carbocycles. The molecule has 0 saturated heterocycles. The smallest absolute Gasteiger partial charge is 0.273 e. The van der Waals surface area contributed by atoms with Gasteiger partial charge in [-0.25, -0.2) is 0 Å². The molecule has 6 nitrogen and oxygen atoms in total. The molecule has 1 amide bonds. The quantitative estimate of drug-likeness (QED) is 0.354. The summed E-state index contributed by atoms with van der Waals surface area (Å²) in [7, 11) is 0. The third-order valence-corrected chi connectivity index (χ3v) is 5.23. The zero-order chi connectivity index (χ0) is 21.8. The van der Waals surface area contributed by atoms with E-state index in [-0.39, 0.29) is 23.1 Å². The van der Waals surface area contributed by atoms with E-state index in [1.54, 1.807) is 0 Å². The molecule has 154 valence electrons. The van der Waals surface area contributed by atoms with Gasteiger partial charge < -0.3 is 10.1 Å². The molecule has 0 aromatic heterocycles. The fraction of sp³-hybridized carbons (Fsp3) is 0.136. The number of aryl methyl sites for hydroxylation is 2. The van der Waals surface area contributed by atoms with Gasteiger partial charge in [0.05, 0.1) is 26.7 Å². The van der Waals surface area contributed by atoms with Crippen LogP contribution in [0.5, 0.6) is 5.75 Å². The topological polar surface area (TPSA) is 81.5 Å². The Morgan fingerprint density at radius 2 is 1.80 bits per heavy atom. The Morgan fingerprint density at radius 1 is 1.03 bits per heavy atom. The molecule has 0 heterocycles. The second-order valence-corrected chi connectivity index (χ2v) is 7.55. The van der Waals surface area contributed by atoms with Crippen LogP contribution >= 0.6 is 23.2 Å². The number of amides is 1. The van der Waals surface area contributed by atoms with Crippen molar-refractivity contribution < 1.29 is 14.5 Å². The van der Waals surface area contributed by atoms with Gasteiger partial charge in [-0.05, 0) is 49.2 Å². The fourth-order valence-corrected chi connectivity index (χ4v) is 3.09. The molecule has 0 saturated carbocycles. The van der Waals surface area contributed by atoms with Crippen LogP contribution in [0.4, 0.5) is 11.4 Å². The van der Waals surface area contributed by atoms with E-state index in [1.807, 2.05) is 32.0 Å². The van der Waals surface area contributed by atoms with E-state index in [2.05, 4.69) is 5.32 Å². The number of nitro benzene ring substituents is 1. The number of nitrogens with zero attached hydrogens (tertiary/aromatic N) is 1. The van der Waals surface area contributed by atoms with Crippen molar-refractivity contribution in [2.24, 2.45) is 0 Å². The summed E-state index contributed by atoms with van der Waals surface area (Å²) in [5.74, 6) is -0.252. The maximum absolute atomic E-state index is 12.6. The molecule has 0 unspecified atom stereocenters. The SMILES string of the molecule is Cc1ccc(C)c(COc2cc([N+](=O)[O-])ccc2NC(=O)c2ccc(Cl)c(Cl)c2)c1. The summed E-state index contributed by atoms with van der Waals surface area (Å²) in [5, 5.41) is 14.5. The highest BCUT2D eigenvalue weighted by Crippen LogP contribution is 2.31. The van der Waals surface area contributed by atoms with Gasteiger partial charge in [-0.15, -0.1) is 0 Å². The summed E-state index contributed by atoms with van der Waals surface area (Å²) >= 11 is 11.9. The number of carbonyl (C=O) groups excluding carboxylic acids is 1. The highest BCUT2D eigenvalue weighted by Gasteiger charge is 2.16. The van der Waals surface area contributed by atoms with E-state index in [9.17, 15) is 14.9 Å². The lowest BCUT2D eigenvalue weighted by atomic mass is 10.1. The summed E-state index contributed by atoms with van der Waals surface area (Å²) in [6.07, 6.45) is 0. The maximum Gasteiger partial charge on any atom is 0.273 e. The van der Waals surface area contributed by atoms with Gasteiger partial charge in [0.25, 0.3) is 11.6 Å². The lowest BCUT2D eigenvalue weighted by Crippen LogP contribution is -2.13. The van der Waals surface area contributed by atoms with E-state index < -0.39 is 10.8 Å². The average Bonchev–Trinajstić information content (AvgIpc) is 2.71. The van der Waals surface area contributed by atoms with Crippen molar-refractivity contribution >= 4 is 40.5 Å². The van der Waals surface area contributed by atoms with Gasteiger partial charge in [0.1, 0.15) is 12.4 Å². The summed E-state index contributed by atoms with van der Waals surface area (Å²) < 4.78 is 5.86. The van der Waals surface area contributed by atoms with Gasteiger partial charge in [0.2, 0.25) is 0 Å². The number of carbonyl (C=O) groups is 1. The minimum Gasteiger partial charge on any atom is -0.486 e. The highest BCUT2D eigenvalue weighted by atomic mass is 35.5. The highest BCUT2D eigenvalue weighted by molar-refractivity contribution is 6.42. The van der Waals surface area contributed by atoms with Crippen molar-refractivity contribution in [2.75, 3.05) is 5.32 Å². The van der Waals surface area contributed by atoms with Crippen LogP contribution in [0.2, 0.25) is 10.0 Å². The monoisotopic (exact) mass is 444 g/mol. The molecule has 3 aromatic carbocycles. The van der Waals surface area contributed by atoms with Crippen molar-refractivity contribution in [1.82, 2.24) is 0 Å². The van der Waals surface area contributed by atoms with Crippen LogP contribution in [0.15, 0.2) is 54.6 Å². The Morgan fingerprint density at radius 3 is 2.50 bits per heavy atom. The Kier molecular flexibility index (Phi) is 6.59. The van der Waals surface area contributed by atoms with E-state index in [4.69, 9.17) is 27.9 Å². The van der Waals surface area contributed by atoms with Gasteiger partial charge in [-0.1, -0.05) is 47.0 Å². The Hall–Kier alpha value is -3.09. The van der Waals surface area contributed by atoms with Crippen LogP contribution in [-0.2, 0) is 6.61 Å². The van der Waals surface area contributed by atoms with Crippen LogP contribution < -0.4 is 10.1 Å². The molecule has 30 heavy (non-hydrogen) atoms. The number of non-ortho nitro benzene ring substituents is 1. The van der Waals surface area contributed by atoms with Crippen LogP contribution in [0.3, 0.4) is 0 Å². The summed E-state index contributed by atoms with van der Waals surface area (Å²) in [6, 6.07) is 14.5. The first-order valence-corrected chi connectivity index (χ1v) is 9.74. The molecule has 0 aliphatic rings. The second-order valence-electron chi connectivity index (χ2n) is 6.74. The molecule has 0 bridgehead atoms. The summed E-state index contributed by atoms with van der Waals surface area (Å²) in [4.78, 5) is 23.3. The van der Waals surface area contributed by atoms with E-state index in [1.165, 1.54) is 36.4 Å². The molecule has 1 N–H and O–H groups in total. The molecule has 0 fully saturated rings. The predicted octanol–water partition coefficient (Wildman–Crippen LogP) is 6.35. The minimum atomic E-state index is -0.519. The van der Waals surface area contributed by atoms with Crippen molar-refractivity contribution in [3.63, 3.8) is 0 Å². The lowest BCUT2D eigenvalue weighted by Gasteiger charge is -2.14.